The van der Waals surface area contributed by atoms with Crippen LogP contribution < -0.4 is 30.6 Å². The standard InChI is InChI=1S/C25H27F3N4O4PS.C24H25F3N4O3S.C16H20F3N3O2.C9H8BrNO3P.C9H9NO2PS.C8H7NOS.C6H11ClO2/c1-36-15-24(22(33)31-7-5-19-17(13-31)10-18(11-29-19)25(26,27)28)6-8-30(14-24)12-16-3-4-21-20(9-16)32(37(2)35)23(34)38-21;1-34-14-23(5-7-30(13-23)11-15-2-3-20-19(8-15)29-22(33)35-20)21(32)31-6-4-18-16(12-31)9-17(10-28-18)24(25,26)27;1-24-10-15(3-4-20-9-15)14(23)22-5-2-13-11(8-22)6-12(7-21-13)16(17,18)19;1-15(13)11-7-4-6(5-10)2-3-8(7)14-9(11)12;1-6-3-4-8-7(5-6)10(13(2)12)9(11)14-8;1-5-2-3-7-6(4-5)9-8(10)11-7;1-6(2,3)5(8)9-4-7/h3-4,9-11H,5-8,12-15H2,1-2H3;2-3,8-10H,4-7,11-14H2,1H3,(H,29,33);6-7,20H,2-5,8-10H2,1H3;2-4H,5H2,1H3;3-5H,1-2H3;2-4H,1H3,(H,9,10);4H2,1-3H3/q+1;;;2*+1;;. The van der Waals surface area contributed by atoms with Gasteiger partial charge in [-0.05, 0) is 211 Å². The van der Waals surface area contributed by atoms with E-state index in [1.54, 1.807) is 75.6 Å². The number of hydrogen-bond donors (Lipinski definition) is 3. The Morgan fingerprint density at radius 2 is 0.877 bits per heavy atom. The van der Waals surface area contributed by atoms with Gasteiger partial charge >= 0.3 is 73.6 Å². The molecule has 14 heterocycles. The normalized spacial score (nSPS) is 18.2. The first kappa shape index (κ1) is 113. The van der Waals surface area contributed by atoms with E-state index in [1.165, 1.54) is 54.6 Å². The van der Waals surface area contributed by atoms with Gasteiger partial charge in [0.25, 0.3) is 0 Å². The summed E-state index contributed by atoms with van der Waals surface area (Å²) < 4.78 is 186. The maximum atomic E-state index is 13.8. The smallest absolute Gasteiger partial charge is 0.449 e. The van der Waals surface area contributed by atoms with E-state index in [2.05, 4.69) is 60.7 Å². The predicted octanol–water partition coefficient (Wildman–Crippen LogP) is 18.1. The van der Waals surface area contributed by atoms with Gasteiger partial charge in [-0.15, -0.1) is 0 Å². The molecule has 0 spiro atoms. The van der Waals surface area contributed by atoms with Crippen LogP contribution in [-0.4, -0.2) is 212 Å². The van der Waals surface area contributed by atoms with E-state index in [4.69, 9.17) is 30.2 Å². The van der Waals surface area contributed by atoms with E-state index < -0.39 is 86.5 Å². The van der Waals surface area contributed by atoms with Crippen LogP contribution in [0.2, 0.25) is 0 Å². The van der Waals surface area contributed by atoms with Crippen LogP contribution in [0.4, 0.5) is 39.5 Å². The van der Waals surface area contributed by atoms with E-state index in [-0.39, 0.29) is 82.1 Å². The summed E-state index contributed by atoms with van der Waals surface area (Å²) in [7, 11) is -0.578. The second-order valence-corrected chi connectivity index (χ2v) is 46.0. The topological polar surface area (TPSA) is 368 Å². The number of likely N-dealkylation sites (tertiary alicyclic amines) is 2. The number of halogens is 11. The number of benzene rings is 5. The van der Waals surface area contributed by atoms with Crippen LogP contribution in [0.3, 0.4) is 0 Å². The minimum absolute atomic E-state index is 0.0191. The maximum absolute atomic E-state index is 13.8. The van der Waals surface area contributed by atoms with Gasteiger partial charge in [-0.2, -0.15) is 39.5 Å². The summed E-state index contributed by atoms with van der Waals surface area (Å²) in [5, 5.41) is 3.86. The third-order valence-corrected chi connectivity index (χ3v) is 32.8. The fraction of sp³-hybridized carbons (Fsp3) is 0.443. The molecule has 6 atom stereocenters. The quantitative estimate of drug-likeness (QED) is 0.0311. The molecule has 49 heteroatoms. The number of rotatable bonds is 18. The Bertz CT molecular complexity index is 7380. The van der Waals surface area contributed by atoms with Crippen LogP contribution in [0.5, 0.6) is 0 Å². The molecule has 8 aromatic heterocycles. The van der Waals surface area contributed by atoms with Crippen LogP contribution in [0, 0.1) is 35.5 Å². The second kappa shape index (κ2) is 47.7. The number of aromatic nitrogens is 8. The first-order valence-electron chi connectivity index (χ1n) is 45.8. The molecule has 146 heavy (non-hydrogen) atoms. The van der Waals surface area contributed by atoms with Crippen molar-refractivity contribution in [3.05, 3.63) is 255 Å². The molecular formula is C97H107BrClF9N14O17P3S4+3. The first-order chi connectivity index (χ1) is 69.0. The number of ether oxygens (including phenoxy) is 4. The summed E-state index contributed by atoms with van der Waals surface area (Å²) in [4.78, 5) is 135. The number of carbonyl (C=O) groups is 4. The molecule has 3 saturated heterocycles. The summed E-state index contributed by atoms with van der Waals surface area (Å²) in [6.45, 7) is 20.9. The van der Waals surface area contributed by atoms with Crippen LogP contribution in [0.15, 0.2) is 156 Å². The van der Waals surface area contributed by atoms with E-state index in [1.807, 2.05) is 92.7 Å². The number of nitrogens with zero attached hydrogens (tertiary/aromatic N) is 11. The Morgan fingerprint density at radius 1 is 0.486 bits per heavy atom. The fourth-order valence-corrected chi connectivity index (χ4v) is 24.9. The average Bonchev–Trinajstić information content (AvgIpc) is 1.76. The number of aromatic amines is 2. The van der Waals surface area contributed by atoms with Crippen LogP contribution in [0.1, 0.15) is 118 Å². The maximum Gasteiger partial charge on any atom is 0.469 e. The van der Waals surface area contributed by atoms with Crippen molar-refractivity contribution in [3.63, 3.8) is 0 Å². The van der Waals surface area contributed by atoms with Crippen molar-refractivity contribution in [3.8, 4) is 0 Å². The molecule has 19 rings (SSSR count). The van der Waals surface area contributed by atoms with Crippen LogP contribution >= 0.6 is 96.7 Å². The van der Waals surface area contributed by atoms with E-state index in [9.17, 15) is 96.4 Å². The van der Waals surface area contributed by atoms with Gasteiger partial charge in [0.05, 0.1) is 88.0 Å². The van der Waals surface area contributed by atoms with Gasteiger partial charge in [0.1, 0.15) is 16.6 Å². The molecule has 13 aromatic rings. The summed E-state index contributed by atoms with van der Waals surface area (Å²) in [5.41, 5.74) is 7.58. The molecule has 3 fully saturated rings. The molecule has 3 N–H and O–H groups in total. The molecule has 0 aliphatic carbocycles. The number of aryl methyl sites for hydroxylation is 2. The molecule has 6 aliphatic heterocycles. The first-order valence-corrected chi connectivity index (χ1v) is 55.7. The van der Waals surface area contributed by atoms with Crippen molar-refractivity contribution >= 4 is 172 Å². The van der Waals surface area contributed by atoms with Crippen molar-refractivity contribution in [2.45, 2.75) is 130 Å². The molecular weight excluding hydrogens is 2140 g/mol. The van der Waals surface area contributed by atoms with Crippen molar-refractivity contribution < 1.29 is 95.8 Å². The van der Waals surface area contributed by atoms with Crippen LogP contribution in [0.25, 0.3) is 52.0 Å². The minimum atomic E-state index is -4.50. The summed E-state index contributed by atoms with van der Waals surface area (Å²) >= 11 is 13.1. The Hall–Kier alpha value is -10.3. The lowest BCUT2D eigenvalue weighted by atomic mass is 9.85. The van der Waals surface area contributed by atoms with Crippen LogP contribution in [-0.2, 0) is 128 Å². The highest BCUT2D eigenvalue weighted by Gasteiger charge is 2.51. The van der Waals surface area contributed by atoms with Gasteiger partial charge < -0.3 is 53.3 Å². The fourth-order valence-electron chi connectivity index (χ4n) is 18.2. The van der Waals surface area contributed by atoms with Gasteiger partial charge in [-0.1, -0.05) is 116 Å². The van der Waals surface area contributed by atoms with Gasteiger partial charge in [0.2, 0.25) is 17.7 Å². The molecule has 0 bridgehead atoms. The number of alkyl halides is 11. The van der Waals surface area contributed by atoms with Crippen molar-refractivity contribution in [2.24, 2.45) is 21.7 Å². The second-order valence-electron chi connectivity index (χ2n) is 37.2. The summed E-state index contributed by atoms with van der Waals surface area (Å²) in [6, 6.07) is 31.8. The predicted molar refractivity (Wildman–Crippen MR) is 548 cm³/mol. The molecule has 3 amide bonds. The Labute approximate surface area is 862 Å². The van der Waals surface area contributed by atoms with Gasteiger partial charge in [0.15, 0.2) is 31.6 Å². The zero-order valence-corrected chi connectivity index (χ0v) is 89.6. The third-order valence-electron chi connectivity index (χ3n) is 25.3. The number of carbonyl (C=O) groups excluding carboxylic acids is 4. The Morgan fingerprint density at radius 3 is 1.28 bits per heavy atom. The van der Waals surface area contributed by atoms with Gasteiger partial charge in [-0.3, -0.25) is 63.1 Å². The molecule has 5 aromatic carbocycles. The lowest BCUT2D eigenvalue weighted by Crippen LogP contribution is -2.49. The number of amides is 3. The SMILES string of the molecule is CC(C)(C)C(=O)OCCl.COCC1(C(=O)N2CCc3ncc(C(F)(F)F)cc3C2)CCN(Cc2ccc3sc(=O)[nH]c3c2)C1.COCC1(C(=O)N2CCc3ncc(C(F)(F)F)cc3C2)CCN(Cc2ccc3sc(=O)n([P+](C)=O)c3c2)C1.COCC1(C(=O)N2CCc3ncc(C(F)(F)F)cc3C2)CCNC1.C[P+](=O)n1c(=O)oc2ccc(CBr)cc21.Cc1ccc2sc(=O)[nH]c2c1.Cc1ccc2sc(=O)n([P+](C)=O)c2c1. The largest absolute Gasteiger partial charge is 0.469 e. The lowest BCUT2D eigenvalue weighted by Gasteiger charge is -2.36. The minimum Gasteiger partial charge on any atom is -0.449 e. The number of pyridine rings is 3. The molecule has 0 radical (unpaired) electrons. The highest BCUT2D eigenvalue weighted by atomic mass is 79.9. The lowest BCUT2D eigenvalue weighted by molar-refractivity contribution is -0.151. The van der Waals surface area contributed by atoms with Gasteiger partial charge in [0, 0.05) is 154 Å². The highest BCUT2D eigenvalue weighted by Crippen LogP contribution is 2.43. The van der Waals surface area contributed by atoms with E-state index in [0.29, 0.717) is 166 Å². The van der Waals surface area contributed by atoms with Crippen molar-refractivity contribution in [1.82, 2.24) is 67.7 Å². The van der Waals surface area contributed by atoms with Crippen molar-refractivity contribution in [2.75, 3.05) is 126 Å². The highest BCUT2D eigenvalue weighted by molar-refractivity contribution is 9.08. The third kappa shape index (κ3) is 27.1. The number of fused-ring (bicyclic) bond motifs is 8. The number of hydrogen-bond acceptors (Lipinski definition) is 27. The number of nitrogens with one attached hydrogen (secondary N) is 3. The number of thiazole rings is 4. The monoisotopic (exact) mass is 2250 g/mol. The Balaban J connectivity index is 0.000000151. The number of methoxy groups -OCH3 is 3. The van der Waals surface area contributed by atoms with Crippen molar-refractivity contribution in [1.29, 1.82) is 0 Å². The van der Waals surface area contributed by atoms with E-state index in [0.717, 1.165) is 124 Å². The Kier molecular flexibility index (Phi) is 36.8. The number of oxazole rings is 1. The molecule has 6 unspecified atom stereocenters. The molecule has 0 saturated carbocycles. The average molecular weight is 2250 g/mol. The zero-order valence-electron chi connectivity index (χ0n) is 81.3. The number of H-pyrrole nitrogens is 2. The molecule has 31 nitrogen and oxygen atoms in total. The summed E-state index contributed by atoms with van der Waals surface area (Å²) in [6.07, 6.45) is -7.72. The molecule has 780 valence electrons. The number of esters is 1. The molecule has 6 aliphatic rings. The zero-order chi connectivity index (χ0) is 106. The van der Waals surface area contributed by atoms with E-state index >= 15 is 0 Å². The van der Waals surface area contributed by atoms with Gasteiger partial charge in [-0.25, -0.2) is 4.79 Å². The summed E-state index contributed by atoms with van der Waals surface area (Å²) in [5.74, 6) is -1.12.